The molecule has 0 bridgehead atoms. The second-order valence-corrected chi connectivity index (χ2v) is 5.75. The molecule has 0 atom stereocenters. The Hall–Kier alpha value is -2.77. The number of aryl methyl sites for hydroxylation is 1. The van der Waals surface area contributed by atoms with E-state index in [1.807, 2.05) is 0 Å². The molecule has 1 amide bonds. The quantitative estimate of drug-likeness (QED) is 0.864. The predicted molar refractivity (Wildman–Crippen MR) is 79.2 cm³/mol. The number of carbonyl (C=O) groups excluding carboxylic acids is 1. The standard InChI is InChI=1S/C15H17FN4O3/c1-15(2,12-8-20(3)19-18-12)17-13(21)7-9-4-5-10(14(22)23)11(16)6-9/h4-6,8H,7H2,1-3H3,(H,17,21)(H,22,23). The number of rotatable bonds is 5. The van der Waals surface area contributed by atoms with Gasteiger partial charge in [-0.25, -0.2) is 9.18 Å². The van der Waals surface area contributed by atoms with Crippen LogP contribution in [-0.2, 0) is 23.8 Å². The molecule has 1 aromatic heterocycles. The summed E-state index contributed by atoms with van der Waals surface area (Å²) in [4.78, 5) is 22.9. The van der Waals surface area contributed by atoms with Crippen molar-refractivity contribution in [1.82, 2.24) is 20.3 Å². The molecular weight excluding hydrogens is 303 g/mol. The molecule has 7 nitrogen and oxygen atoms in total. The number of carbonyl (C=O) groups is 2. The minimum Gasteiger partial charge on any atom is -0.478 e. The first-order valence-corrected chi connectivity index (χ1v) is 6.88. The van der Waals surface area contributed by atoms with Crippen LogP contribution in [0.4, 0.5) is 4.39 Å². The number of halogens is 1. The highest BCUT2D eigenvalue weighted by atomic mass is 19.1. The van der Waals surface area contributed by atoms with Gasteiger partial charge in [0, 0.05) is 7.05 Å². The SMILES string of the molecule is Cn1cc(C(C)(C)NC(=O)Cc2ccc(C(=O)O)c(F)c2)nn1. The fourth-order valence-electron chi connectivity index (χ4n) is 2.12. The monoisotopic (exact) mass is 320 g/mol. The van der Waals surface area contributed by atoms with Crippen molar-refractivity contribution in [1.29, 1.82) is 0 Å². The normalized spacial score (nSPS) is 11.3. The molecule has 0 aliphatic carbocycles. The molecule has 0 saturated carbocycles. The summed E-state index contributed by atoms with van der Waals surface area (Å²) in [5.41, 5.74) is -0.167. The van der Waals surface area contributed by atoms with Crippen molar-refractivity contribution in [2.75, 3.05) is 0 Å². The van der Waals surface area contributed by atoms with Crippen molar-refractivity contribution >= 4 is 11.9 Å². The minimum absolute atomic E-state index is 0.0689. The zero-order valence-corrected chi connectivity index (χ0v) is 13.0. The smallest absolute Gasteiger partial charge is 0.338 e. The highest BCUT2D eigenvalue weighted by molar-refractivity contribution is 5.88. The van der Waals surface area contributed by atoms with E-state index in [1.165, 1.54) is 10.7 Å². The molecule has 0 aliphatic rings. The molecule has 8 heteroatoms. The van der Waals surface area contributed by atoms with E-state index < -0.39 is 22.9 Å². The number of benzene rings is 1. The average Bonchev–Trinajstić information content (AvgIpc) is 2.85. The summed E-state index contributed by atoms with van der Waals surface area (Å²) in [6.45, 7) is 3.56. The minimum atomic E-state index is -1.35. The maximum Gasteiger partial charge on any atom is 0.338 e. The third kappa shape index (κ3) is 3.91. The van der Waals surface area contributed by atoms with E-state index in [1.54, 1.807) is 27.1 Å². The van der Waals surface area contributed by atoms with Gasteiger partial charge in [0.1, 0.15) is 11.5 Å². The van der Waals surface area contributed by atoms with Crippen LogP contribution in [0.2, 0.25) is 0 Å². The van der Waals surface area contributed by atoms with Crippen LogP contribution in [0.1, 0.15) is 35.5 Å². The van der Waals surface area contributed by atoms with Gasteiger partial charge in [0.2, 0.25) is 5.91 Å². The van der Waals surface area contributed by atoms with Gasteiger partial charge >= 0.3 is 5.97 Å². The zero-order chi connectivity index (χ0) is 17.2. The first-order chi connectivity index (χ1) is 10.7. The third-order valence-corrected chi connectivity index (χ3v) is 3.32. The Kier molecular flexibility index (Phi) is 4.44. The lowest BCUT2D eigenvalue weighted by molar-refractivity contribution is -0.122. The maximum atomic E-state index is 13.6. The average molecular weight is 320 g/mol. The number of carboxylic acids is 1. The number of nitrogens with zero attached hydrogens (tertiary/aromatic N) is 3. The lowest BCUT2D eigenvalue weighted by Gasteiger charge is -2.23. The van der Waals surface area contributed by atoms with Crippen LogP contribution in [0.5, 0.6) is 0 Å². The summed E-state index contributed by atoms with van der Waals surface area (Å²) in [5, 5.41) is 19.4. The van der Waals surface area contributed by atoms with Gasteiger partial charge in [-0.3, -0.25) is 9.48 Å². The summed E-state index contributed by atoms with van der Waals surface area (Å²) in [6, 6.07) is 3.62. The summed E-state index contributed by atoms with van der Waals surface area (Å²) >= 11 is 0. The molecule has 0 unspecified atom stereocenters. The van der Waals surface area contributed by atoms with Crippen LogP contribution in [0.3, 0.4) is 0 Å². The first-order valence-electron chi connectivity index (χ1n) is 6.88. The molecule has 0 spiro atoms. The molecule has 2 N–H and O–H groups in total. The van der Waals surface area contributed by atoms with Gasteiger partial charge in [-0.15, -0.1) is 5.10 Å². The summed E-state index contributed by atoms with van der Waals surface area (Å²) in [6.07, 6.45) is 1.63. The van der Waals surface area contributed by atoms with Gasteiger partial charge in [-0.2, -0.15) is 0 Å². The van der Waals surface area contributed by atoms with Crippen molar-refractivity contribution in [3.8, 4) is 0 Å². The summed E-state index contributed by atoms with van der Waals surface area (Å²) < 4.78 is 15.2. The number of aromatic carboxylic acids is 1. The Bertz CT molecular complexity index is 755. The molecule has 1 heterocycles. The fraction of sp³-hybridized carbons (Fsp3) is 0.333. The van der Waals surface area contributed by atoms with Crippen LogP contribution >= 0.6 is 0 Å². The van der Waals surface area contributed by atoms with Crippen LogP contribution in [0.15, 0.2) is 24.4 Å². The molecule has 0 radical (unpaired) electrons. The Morgan fingerprint density at radius 2 is 2.09 bits per heavy atom. The van der Waals surface area contributed by atoms with Gasteiger partial charge < -0.3 is 10.4 Å². The van der Waals surface area contributed by atoms with Gasteiger partial charge in [-0.05, 0) is 31.5 Å². The topological polar surface area (TPSA) is 97.1 Å². The Balaban J connectivity index is 2.07. The number of hydrogen-bond acceptors (Lipinski definition) is 4. The van der Waals surface area contributed by atoms with Crippen LogP contribution in [0.25, 0.3) is 0 Å². The van der Waals surface area contributed by atoms with Gasteiger partial charge in [0.25, 0.3) is 0 Å². The van der Waals surface area contributed by atoms with E-state index >= 15 is 0 Å². The molecule has 0 aliphatic heterocycles. The van der Waals surface area contributed by atoms with Crippen LogP contribution in [0, 0.1) is 5.82 Å². The number of hydrogen-bond donors (Lipinski definition) is 2. The van der Waals surface area contributed by atoms with Crippen LogP contribution in [-0.4, -0.2) is 32.0 Å². The lowest BCUT2D eigenvalue weighted by atomic mass is 10.0. The van der Waals surface area contributed by atoms with E-state index in [2.05, 4.69) is 15.6 Å². The van der Waals surface area contributed by atoms with E-state index in [4.69, 9.17) is 5.11 Å². The Labute approximate surface area is 132 Å². The highest BCUT2D eigenvalue weighted by Crippen LogP contribution is 2.17. The second kappa shape index (κ2) is 6.15. The van der Waals surface area contributed by atoms with E-state index in [0.717, 1.165) is 12.1 Å². The molecule has 1 aromatic carbocycles. The maximum absolute atomic E-state index is 13.6. The van der Waals surface area contributed by atoms with Gasteiger partial charge in [0.15, 0.2) is 0 Å². The molecule has 0 fully saturated rings. The molecule has 122 valence electrons. The van der Waals surface area contributed by atoms with Crippen molar-refractivity contribution in [2.45, 2.75) is 25.8 Å². The number of nitrogens with one attached hydrogen (secondary N) is 1. The van der Waals surface area contributed by atoms with E-state index in [-0.39, 0.29) is 12.3 Å². The van der Waals surface area contributed by atoms with E-state index in [0.29, 0.717) is 11.3 Å². The molecule has 0 saturated heterocycles. The molecule has 2 rings (SSSR count). The van der Waals surface area contributed by atoms with Crippen LogP contribution < -0.4 is 5.32 Å². The number of amides is 1. The lowest BCUT2D eigenvalue weighted by Crippen LogP contribution is -2.42. The molecule has 23 heavy (non-hydrogen) atoms. The predicted octanol–water partition coefficient (Wildman–Crippen LogP) is 1.25. The number of aromatic nitrogens is 3. The van der Waals surface area contributed by atoms with Crippen molar-refractivity contribution in [3.63, 3.8) is 0 Å². The first kappa shape index (κ1) is 16.6. The fourth-order valence-corrected chi connectivity index (χ4v) is 2.12. The summed E-state index contributed by atoms with van der Waals surface area (Å²) in [7, 11) is 1.72. The Morgan fingerprint density at radius 1 is 1.39 bits per heavy atom. The number of carboxylic acid groups (broad SMARTS) is 1. The van der Waals surface area contributed by atoms with Gasteiger partial charge in [-0.1, -0.05) is 11.3 Å². The van der Waals surface area contributed by atoms with E-state index in [9.17, 15) is 14.0 Å². The largest absolute Gasteiger partial charge is 0.478 e. The third-order valence-electron chi connectivity index (χ3n) is 3.32. The summed E-state index contributed by atoms with van der Waals surface area (Å²) in [5.74, 6) is -2.54. The zero-order valence-electron chi connectivity index (χ0n) is 13.0. The van der Waals surface area contributed by atoms with Gasteiger partial charge in [0.05, 0.1) is 23.7 Å². The molecular formula is C15H17FN4O3. The van der Waals surface area contributed by atoms with Crippen molar-refractivity contribution in [3.05, 3.63) is 47.0 Å². The van der Waals surface area contributed by atoms with Crippen molar-refractivity contribution < 1.29 is 19.1 Å². The molecule has 2 aromatic rings. The highest BCUT2D eigenvalue weighted by Gasteiger charge is 2.26. The second-order valence-electron chi connectivity index (χ2n) is 5.75. The Morgan fingerprint density at radius 3 is 2.61 bits per heavy atom. The van der Waals surface area contributed by atoms with Crippen molar-refractivity contribution in [2.24, 2.45) is 7.05 Å².